The molecular weight excluding hydrogens is 526 g/mol. The topological polar surface area (TPSA) is 44.8 Å². The fourth-order valence-corrected chi connectivity index (χ4v) is 3.44. The van der Waals surface area contributed by atoms with Crippen LogP contribution in [0.25, 0.3) is 0 Å². The minimum atomic E-state index is -1.08. The van der Waals surface area contributed by atoms with Crippen molar-refractivity contribution < 1.29 is 27.8 Å². The standard InChI is InChI=1S/C22H16Br2F2O4/c1-2-28-16-10-8-14(23)18(19(16)25)22(27)30-21-15(24)9-11-17(20(21)26)29-12-13-6-4-3-5-7-13/h3-11H,2,12H2,1H3. The van der Waals surface area contributed by atoms with E-state index in [1.165, 1.54) is 24.3 Å². The van der Waals surface area contributed by atoms with E-state index >= 15 is 0 Å². The van der Waals surface area contributed by atoms with Gasteiger partial charge in [-0.05, 0) is 68.6 Å². The van der Waals surface area contributed by atoms with Crippen LogP contribution in [-0.4, -0.2) is 12.6 Å². The minimum Gasteiger partial charge on any atom is -0.491 e. The fraction of sp³-hybridized carbons (Fsp3) is 0.136. The zero-order valence-corrected chi connectivity index (χ0v) is 18.9. The number of rotatable bonds is 7. The second kappa shape index (κ2) is 10.0. The SMILES string of the molecule is CCOc1ccc(Br)c(C(=O)Oc2c(Br)ccc(OCc3ccccc3)c2F)c1F. The van der Waals surface area contributed by atoms with Crippen molar-refractivity contribution in [2.45, 2.75) is 13.5 Å². The zero-order chi connectivity index (χ0) is 21.7. The van der Waals surface area contributed by atoms with Crippen molar-refractivity contribution in [1.82, 2.24) is 0 Å². The van der Waals surface area contributed by atoms with E-state index in [-0.39, 0.29) is 33.7 Å². The summed E-state index contributed by atoms with van der Waals surface area (Å²) in [6.45, 7) is 2.03. The summed E-state index contributed by atoms with van der Waals surface area (Å²) in [5, 5.41) is 0. The summed E-state index contributed by atoms with van der Waals surface area (Å²) in [5.41, 5.74) is 0.444. The van der Waals surface area contributed by atoms with Gasteiger partial charge in [-0.1, -0.05) is 30.3 Å². The molecule has 3 aromatic rings. The molecule has 0 radical (unpaired) electrons. The first-order valence-electron chi connectivity index (χ1n) is 8.90. The van der Waals surface area contributed by atoms with Gasteiger partial charge >= 0.3 is 5.97 Å². The molecule has 0 N–H and O–H groups in total. The molecule has 3 aromatic carbocycles. The molecule has 0 spiro atoms. The normalized spacial score (nSPS) is 10.6. The molecule has 0 heterocycles. The van der Waals surface area contributed by atoms with Gasteiger partial charge in [0.25, 0.3) is 0 Å². The maximum absolute atomic E-state index is 15.0. The van der Waals surface area contributed by atoms with Crippen LogP contribution < -0.4 is 14.2 Å². The highest BCUT2D eigenvalue weighted by Gasteiger charge is 2.25. The van der Waals surface area contributed by atoms with Crippen LogP contribution in [0.5, 0.6) is 17.2 Å². The van der Waals surface area contributed by atoms with Gasteiger partial charge in [0.15, 0.2) is 23.1 Å². The number of hydrogen-bond acceptors (Lipinski definition) is 4. The summed E-state index contributed by atoms with van der Waals surface area (Å²) in [6.07, 6.45) is 0. The Morgan fingerprint density at radius 2 is 1.50 bits per heavy atom. The molecule has 0 saturated heterocycles. The lowest BCUT2D eigenvalue weighted by atomic mass is 10.2. The fourth-order valence-electron chi connectivity index (χ4n) is 2.59. The molecule has 0 bridgehead atoms. The van der Waals surface area contributed by atoms with Crippen LogP contribution >= 0.6 is 31.9 Å². The molecule has 0 atom stereocenters. The number of halogens is 4. The van der Waals surface area contributed by atoms with Crippen molar-refractivity contribution in [1.29, 1.82) is 0 Å². The van der Waals surface area contributed by atoms with Crippen molar-refractivity contribution in [2.75, 3.05) is 6.61 Å². The summed E-state index contributed by atoms with van der Waals surface area (Å²) in [4.78, 5) is 12.6. The maximum Gasteiger partial charge on any atom is 0.347 e. The average Bonchev–Trinajstić information content (AvgIpc) is 2.73. The molecule has 0 unspecified atom stereocenters. The molecule has 3 rings (SSSR count). The molecule has 0 aliphatic rings. The van der Waals surface area contributed by atoms with Gasteiger partial charge in [-0.25, -0.2) is 9.18 Å². The summed E-state index contributed by atoms with van der Waals surface area (Å²) < 4.78 is 45.8. The third kappa shape index (κ3) is 4.99. The van der Waals surface area contributed by atoms with E-state index in [9.17, 15) is 13.6 Å². The van der Waals surface area contributed by atoms with E-state index < -0.39 is 28.9 Å². The summed E-state index contributed by atoms with van der Waals surface area (Å²) in [6, 6.07) is 14.9. The third-order valence-electron chi connectivity index (χ3n) is 4.01. The summed E-state index contributed by atoms with van der Waals surface area (Å²) in [7, 11) is 0. The number of hydrogen-bond donors (Lipinski definition) is 0. The van der Waals surface area contributed by atoms with Crippen molar-refractivity contribution in [3.05, 3.63) is 86.3 Å². The van der Waals surface area contributed by atoms with E-state index in [1.54, 1.807) is 6.92 Å². The van der Waals surface area contributed by atoms with Crippen molar-refractivity contribution in [3.63, 3.8) is 0 Å². The van der Waals surface area contributed by atoms with Crippen molar-refractivity contribution >= 4 is 37.8 Å². The molecule has 4 nitrogen and oxygen atoms in total. The predicted octanol–water partition coefficient (Wildman–Crippen LogP) is 6.69. The smallest absolute Gasteiger partial charge is 0.347 e. The predicted molar refractivity (Wildman–Crippen MR) is 115 cm³/mol. The third-order valence-corrected chi connectivity index (χ3v) is 5.29. The van der Waals surface area contributed by atoms with E-state index in [1.807, 2.05) is 30.3 Å². The molecule has 0 aromatic heterocycles. The first-order chi connectivity index (χ1) is 14.4. The number of carbonyl (C=O) groups is 1. The van der Waals surface area contributed by atoms with Gasteiger partial charge in [0.05, 0.1) is 11.1 Å². The van der Waals surface area contributed by atoms with Crippen molar-refractivity contribution in [2.24, 2.45) is 0 Å². The second-order valence-electron chi connectivity index (χ2n) is 6.02. The monoisotopic (exact) mass is 540 g/mol. The van der Waals surface area contributed by atoms with Gasteiger partial charge in [-0.15, -0.1) is 0 Å². The van der Waals surface area contributed by atoms with Crippen LogP contribution in [-0.2, 0) is 6.61 Å². The average molecular weight is 542 g/mol. The molecule has 0 fully saturated rings. The van der Waals surface area contributed by atoms with Crippen LogP contribution in [0.3, 0.4) is 0 Å². The Labute approximate surface area is 189 Å². The second-order valence-corrected chi connectivity index (χ2v) is 7.73. The van der Waals surface area contributed by atoms with Crippen LogP contribution in [0.1, 0.15) is 22.8 Å². The molecule has 0 amide bonds. The van der Waals surface area contributed by atoms with E-state index in [2.05, 4.69) is 31.9 Å². The molecule has 0 saturated carbocycles. The lowest BCUT2D eigenvalue weighted by Crippen LogP contribution is -2.14. The molecule has 30 heavy (non-hydrogen) atoms. The van der Waals surface area contributed by atoms with Crippen LogP contribution in [0.15, 0.2) is 63.5 Å². The minimum absolute atomic E-state index is 0.104. The highest BCUT2D eigenvalue weighted by Crippen LogP contribution is 2.36. The van der Waals surface area contributed by atoms with Crippen LogP contribution in [0.4, 0.5) is 8.78 Å². The first kappa shape index (κ1) is 22.2. The number of ether oxygens (including phenoxy) is 3. The van der Waals surface area contributed by atoms with Crippen molar-refractivity contribution in [3.8, 4) is 17.2 Å². The Morgan fingerprint density at radius 3 is 2.17 bits per heavy atom. The van der Waals surface area contributed by atoms with Gasteiger partial charge < -0.3 is 14.2 Å². The Kier molecular flexibility index (Phi) is 7.44. The van der Waals surface area contributed by atoms with Gasteiger partial charge in [-0.2, -0.15) is 4.39 Å². The summed E-state index contributed by atoms with van der Waals surface area (Å²) >= 11 is 6.27. The largest absolute Gasteiger partial charge is 0.491 e. The van der Waals surface area contributed by atoms with E-state index in [4.69, 9.17) is 14.2 Å². The Bertz CT molecular complexity index is 1060. The van der Waals surface area contributed by atoms with Gasteiger partial charge in [0.1, 0.15) is 12.2 Å². The Balaban J connectivity index is 1.86. The lowest BCUT2D eigenvalue weighted by Gasteiger charge is -2.14. The Morgan fingerprint density at radius 1 is 0.867 bits per heavy atom. The highest BCUT2D eigenvalue weighted by molar-refractivity contribution is 9.10. The van der Waals surface area contributed by atoms with E-state index in [0.29, 0.717) is 0 Å². The van der Waals surface area contributed by atoms with Gasteiger partial charge in [0, 0.05) is 4.47 Å². The molecule has 156 valence electrons. The summed E-state index contributed by atoms with van der Waals surface area (Å²) in [5.74, 6) is -3.48. The van der Waals surface area contributed by atoms with E-state index in [0.717, 1.165) is 5.56 Å². The maximum atomic E-state index is 15.0. The van der Waals surface area contributed by atoms with Gasteiger partial charge in [-0.3, -0.25) is 0 Å². The molecule has 8 heteroatoms. The molecule has 0 aliphatic heterocycles. The van der Waals surface area contributed by atoms with Crippen LogP contribution in [0.2, 0.25) is 0 Å². The Hall–Kier alpha value is -2.45. The number of esters is 1. The quantitative estimate of drug-likeness (QED) is 0.247. The molecular formula is C22H16Br2F2O4. The number of benzene rings is 3. The van der Waals surface area contributed by atoms with Gasteiger partial charge in [0.2, 0.25) is 5.82 Å². The van der Waals surface area contributed by atoms with Crippen LogP contribution in [0, 0.1) is 11.6 Å². The molecule has 0 aliphatic carbocycles. The zero-order valence-electron chi connectivity index (χ0n) is 15.8. The lowest BCUT2D eigenvalue weighted by molar-refractivity contribution is 0.0718. The first-order valence-corrected chi connectivity index (χ1v) is 10.5. The number of carbonyl (C=O) groups excluding carboxylic acids is 1. The highest BCUT2D eigenvalue weighted by atomic mass is 79.9.